The average Bonchev–Trinajstić information content (AvgIpc) is 2.47. The molecular formula is C15H17Cl2N5. The van der Waals surface area contributed by atoms with Crippen molar-refractivity contribution in [1.82, 2.24) is 19.9 Å². The van der Waals surface area contributed by atoms with Crippen LogP contribution in [0.15, 0.2) is 30.3 Å². The molecule has 1 saturated heterocycles. The fraction of sp³-hybridized carbons (Fsp3) is 0.400. The Morgan fingerprint density at radius 1 is 1.05 bits per heavy atom. The van der Waals surface area contributed by atoms with Crippen LogP contribution in [0.5, 0.6) is 0 Å². The molecule has 1 fully saturated rings. The molecule has 116 valence electrons. The van der Waals surface area contributed by atoms with E-state index in [0.717, 1.165) is 26.2 Å². The second kappa shape index (κ2) is 6.77. The van der Waals surface area contributed by atoms with Crippen molar-refractivity contribution < 1.29 is 0 Å². The van der Waals surface area contributed by atoms with Crippen LogP contribution in [0, 0.1) is 0 Å². The first kappa shape index (κ1) is 15.5. The summed E-state index contributed by atoms with van der Waals surface area (Å²) in [7, 11) is 0. The smallest absolute Gasteiger partial charge is 0.231 e. The molecule has 0 saturated carbocycles. The number of piperazine rings is 1. The van der Waals surface area contributed by atoms with E-state index in [4.69, 9.17) is 23.2 Å². The van der Waals surface area contributed by atoms with Crippen LogP contribution >= 0.6 is 23.2 Å². The maximum absolute atomic E-state index is 5.87. The number of halogens is 2. The lowest BCUT2D eigenvalue weighted by Gasteiger charge is -2.39. The third kappa shape index (κ3) is 3.66. The van der Waals surface area contributed by atoms with E-state index in [1.165, 1.54) is 5.56 Å². The lowest BCUT2D eigenvalue weighted by molar-refractivity contribution is 0.219. The summed E-state index contributed by atoms with van der Waals surface area (Å²) in [6.07, 6.45) is 0. The van der Waals surface area contributed by atoms with Gasteiger partial charge in [0.05, 0.1) is 0 Å². The van der Waals surface area contributed by atoms with Gasteiger partial charge in [0, 0.05) is 32.2 Å². The third-order valence-corrected chi connectivity index (χ3v) is 4.12. The summed E-state index contributed by atoms with van der Waals surface area (Å²) in [6.45, 7) is 5.83. The molecule has 1 aromatic carbocycles. The van der Waals surface area contributed by atoms with Gasteiger partial charge < -0.3 is 4.90 Å². The second-order valence-corrected chi connectivity index (χ2v) is 6.11. The van der Waals surface area contributed by atoms with Crippen molar-refractivity contribution >= 4 is 29.2 Å². The van der Waals surface area contributed by atoms with E-state index in [-0.39, 0.29) is 16.6 Å². The summed E-state index contributed by atoms with van der Waals surface area (Å²) >= 11 is 11.7. The van der Waals surface area contributed by atoms with Gasteiger partial charge in [0.15, 0.2) is 0 Å². The van der Waals surface area contributed by atoms with Crippen molar-refractivity contribution in [3.8, 4) is 0 Å². The van der Waals surface area contributed by atoms with Crippen molar-refractivity contribution in [2.24, 2.45) is 0 Å². The van der Waals surface area contributed by atoms with Gasteiger partial charge in [0.25, 0.3) is 0 Å². The molecule has 7 heteroatoms. The Balaban J connectivity index is 1.67. The van der Waals surface area contributed by atoms with Crippen molar-refractivity contribution in [2.75, 3.05) is 24.5 Å². The van der Waals surface area contributed by atoms with Crippen molar-refractivity contribution in [2.45, 2.75) is 19.5 Å². The van der Waals surface area contributed by atoms with E-state index in [9.17, 15) is 0 Å². The molecule has 1 aliphatic heterocycles. The Labute approximate surface area is 139 Å². The maximum atomic E-state index is 5.87. The summed E-state index contributed by atoms with van der Waals surface area (Å²) in [4.78, 5) is 16.7. The van der Waals surface area contributed by atoms with E-state index in [1.807, 2.05) is 6.07 Å². The Bertz CT molecular complexity index is 617. The number of hydrogen-bond donors (Lipinski definition) is 0. The molecule has 0 aliphatic carbocycles. The van der Waals surface area contributed by atoms with Gasteiger partial charge in [0.2, 0.25) is 16.5 Å². The van der Waals surface area contributed by atoms with Crippen LogP contribution in [0.2, 0.25) is 10.6 Å². The van der Waals surface area contributed by atoms with Crippen LogP contribution in [0.4, 0.5) is 5.95 Å². The Morgan fingerprint density at radius 2 is 1.73 bits per heavy atom. The molecule has 0 N–H and O–H groups in total. The quantitative estimate of drug-likeness (QED) is 0.861. The minimum atomic E-state index is 0.133. The van der Waals surface area contributed by atoms with Gasteiger partial charge >= 0.3 is 0 Å². The number of rotatable bonds is 3. The fourth-order valence-electron chi connectivity index (χ4n) is 2.76. The van der Waals surface area contributed by atoms with Gasteiger partial charge in [-0.3, -0.25) is 4.90 Å². The molecular weight excluding hydrogens is 321 g/mol. The van der Waals surface area contributed by atoms with Gasteiger partial charge in [-0.2, -0.15) is 15.0 Å². The minimum absolute atomic E-state index is 0.133. The molecule has 2 heterocycles. The molecule has 22 heavy (non-hydrogen) atoms. The standard InChI is InChI=1S/C15H17Cl2N5/c1-11-9-21(10-12-5-3-2-4-6-12)7-8-22(11)15-19-13(16)18-14(17)20-15/h2-6,11H,7-10H2,1H3. The van der Waals surface area contributed by atoms with Crippen LogP contribution in [-0.4, -0.2) is 45.5 Å². The monoisotopic (exact) mass is 337 g/mol. The fourth-order valence-corrected chi connectivity index (χ4v) is 3.11. The molecule has 0 radical (unpaired) electrons. The molecule has 1 aromatic heterocycles. The van der Waals surface area contributed by atoms with E-state index < -0.39 is 0 Å². The van der Waals surface area contributed by atoms with Crippen molar-refractivity contribution in [3.05, 3.63) is 46.5 Å². The first-order valence-electron chi connectivity index (χ1n) is 7.22. The zero-order chi connectivity index (χ0) is 15.5. The second-order valence-electron chi connectivity index (χ2n) is 5.44. The van der Waals surface area contributed by atoms with E-state index in [0.29, 0.717) is 5.95 Å². The summed E-state index contributed by atoms with van der Waals surface area (Å²) in [5, 5.41) is 0.267. The van der Waals surface area contributed by atoms with Gasteiger partial charge in [-0.1, -0.05) is 30.3 Å². The zero-order valence-electron chi connectivity index (χ0n) is 12.3. The topological polar surface area (TPSA) is 45.2 Å². The Hall–Kier alpha value is -1.43. The van der Waals surface area contributed by atoms with Gasteiger partial charge in [0.1, 0.15) is 0 Å². The zero-order valence-corrected chi connectivity index (χ0v) is 13.8. The van der Waals surface area contributed by atoms with Gasteiger partial charge in [-0.25, -0.2) is 0 Å². The highest BCUT2D eigenvalue weighted by Crippen LogP contribution is 2.20. The molecule has 0 amide bonds. The van der Waals surface area contributed by atoms with Crippen LogP contribution < -0.4 is 4.90 Å². The van der Waals surface area contributed by atoms with Crippen molar-refractivity contribution in [1.29, 1.82) is 0 Å². The molecule has 1 aliphatic rings. The third-order valence-electron chi connectivity index (χ3n) is 3.79. The number of anilines is 1. The summed E-state index contributed by atoms with van der Waals surface area (Å²) in [5.74, 6) is 0.553. The summed E-state index contributed by atoms with van der Waals surface area (Å²) in [5.41, 5.74) is 1.33. The number of nitrogens with zero attached hydrogens (tertiary/aromatic N) is 5. The number of aromatic nitrogens is 3. The van der Waals surface area contributed by atoms with Crippen LogP contribution in [0.1, 0.15) is 12.5 Å². The van der Waals surface area contributed by atoms with Gasteiger partial charge in [-0.15, -0.1) is 0 Å². The number of hydrogen-bond acceptors (Lipinski definition) is 5. The van der Waals surface area contributed by atoms with Crippen LogP contribution in [0.3, 0.4) is 0 Å². The lowest BCUT2D eigenvalue weighted by Crippen LogP contribution is -2.52. The molecule has 0 spiro atoms. The van der Waals surface area contributed by atoms with E-state index >= 15 is 0 Å². The highest BCUT2D eigenvalue weighted by molar-refractivity contribution is 6.31. The highest BCUT2D eigenvalue weighted by Gasteiger charge is 2.26. The highest BCUT2D eigenvalue weighted by atomic mass is 35.5. The number of benzene rings is 1. The Morgan fingerprint density at radius 3 is 2.36 bits per heavy atom. The molecule has 5 nitrogen and oxygen atoms in total. The average molecular weight is 338 g/mol. The predicted octanol–water partition coefficient (Wildman–Crippen LogP) is 2.89. The molecule has 2 aromatic rings. The van der Waals surface area contributed by atoms with Gasteiger partial charge in [-0.05, 0) is 35.7 Å². The van der Waals surface area contributed by atoms with Crippen LogP contribution in [-0.2, 0) is 6.54 Å². The molecule has 3 rings (SSSR count). The SMILES string of the molecule is CC1CN(Cc2ccccc2)CCN1c1nc(Cl)nc(Cl)n1. The maximum Gasteiger partial charge on any atom is 0.231 e. The molecule has 1 unspecified atom stereocenters. The largest absolute Gasteiger partial charge is 0.335 e. The summed E-state index contributed by atoms with van der Waals surface area (Å²) in [6, 6.07) is 10.8. The van der Waals surface area contributed by atoms with Crippen LogP contribution in [0.25, 0.3) is 0 Å². The van der Waals surface area contributed by atoms with E-state index in [1.54, 1.807) is 0 Å². The normalized spacial score (nSPS) is 19.4. The minimum Gasteiger partial charge on any atom is -0.335 e. The lowest BCUT2D eigenvalue weighted by atomic mass is 10.1. The first-order valence-corrected chi connectivity index (χ1v) is 7.97. The molecule has 1 atom stereocenters. The van der Waals surface area contributed by atoms with Crippen molar-refractivity contribution in [3.63, 3.8) is 0 Å². The van der Waals surface area contributed by atoms with E-state index in [2.05, 4.69) is 55.9 Å². The Kier molecular flexibility index (Phi) is 4.76. The molecule has 0 bridgehead atoms. The predicted molar refractivity (Wildman–Crippen MR) is 88.4 cm³/mol. The first-order chi connectivity index (χ1) is 10.6. The summed E-state index contributed by atoms with van der Waals surface area (Å²) < 4.78 is 0.